The van der Waals surface area contributed by atoms with Crippen molar-refractivity contribution >= 4 is 11.6 Å². The van der Waals surface area contributed by atoms with Crippen molar-refractivity contribution in [1.82, 2.24) is 9.97 Å². The maximum Gasteiger partial charge on any atom is 0.122 e. The van der Waals surface area contributed by atoms with Crippen LogP contribution in [0.15, 0.2) is 18.2 Å². The van der Waals surface area contributed by atoms with E-state index in [1.165, 1.54) is 5.56 Å². The highest BCUT2D eigenvalue weighted by Gasteiger charge is 2.10. The first-order chi connectivity index (χ1) is 8.69. The van der Waals surface area contributed by atoms with Crippen LogP contribution in [0.4, 0.5) is 0 Å². The van der Waals surface area contributed by atoms with Gasteiger partial charge >= 0.3 is 0 Å². The van der Waals surface area contributed by atoms with Crippen LogP contribution in [0.2, 0.25) is 0 Å². The Hall–Kier alpha value is -1.48. The Labute approximate surface area is 112 Å². The van der Waals surface area contributed by atoms with Crippen molar-refractivity contribution in [3.05, 3.63) is 35.3 Å². The van der Waals surface area contributed by atoms with E-state index in [2.05, 4.69) is 23.0 Å². The first kappa shape index (κ1) is 13.0. The van der Waals surface area contributed by atoms with Gasteiger partial charge in [-0.05, 0) is 37.1 Å². The fraction of sp³-hybridized carbons (Fsp3) is 0.357. The van der Waals surface area contributed by atoms with Crippen molar-refractivity contribution in [1.29, 1.82) is 0 Å². The van der Waals surface area contributed by atoms with Crippen molar-refractivity contribution in [3.63, 3.8) is 0 Å². The zero-order valence-corrected chi connectivity index (χ0v) is 11.6. The van der Waals surface area contributed by atoms with E-state index in [4.69, 9.17) is 16.3 Å². The van der Waals surface area contributed by atoms with Crippen LogP contribution in [0.25, 0.3) is 11.3 Å². The molecule has 0 aliphatic carbocycles. The van der Waals surface area contributed by atoms with Crippen LogP contribution in [0, 0.1) is 6.92 Å². The van der Waals surface area contributed by atoms with E-state index in [0.717, 1.165) is 34.9 Å². The molecule has 0 radical (unpaired) electrons. The van der Waals surface area contributed by atoms with Gasteiger partial charge in [0.2, 0.25) is 0 Å². The average Bonchev–Trinajstić information content (AvgIpc) is 2.79. The number of halogens is 1. The van der Waals surface area contributed by atoms with Gasteiger partial charge in [0.25, 0.3) is 0 Å². The first-order valence-corrected chi connectivity index (χ1v) is 6.51. The normalized spacial score (nSPS) is 10.7. The van der Waals surface area contributed by atoms with Crippen LogP contribution >= 0.6 is 11.6 Å². The minimum atomic E-state index is 0.400. The molecule has 4 heteroatoms. The zero-order chi connectivity index (χ0) is 13.1. The second-order valence-corrected chi connectivity index (χ2v) is 4.44. The Bertz CT molecular complexity index is 549. The van der Waals surface area contributed by atoms with Gasteiger partial charge in [0.15, 0.2) is 0 Å². The standard InChI is InChI=1S/C14H17ClN2O/c1-4-10-7-11(5-6-12(10)18-3)14-9(2)16-13(8-15)17-14/h5-7H,4,8H2,1-3H3,(H,16,17). The number of aromatic nitrogens is 2. The predicted octanol–water partition coefficient (Wildman–Crippen LogP) is 3.69. The summed E-state index contributed by atoms with van der Waals surface area (Å²) in [4.78, 5) is 7.69. The van der Waals surface area contributed by atoms with Gasteiger partial charge in [0, 0.05) is 11.3 Å². The molecule has 3 nitrogen and oxygen atoms in total. The summed E-state index contributed by atoms with van der Waals surface area (Å²) in [6.07, 6.45) is 0.933. The molecule has 0 amide bonds. The maximum absolute atomic E-state index is 5.79. The number of imidazole rings is 1. The molecule has 96 valence electrons. The SMILES string of the molecule is CCc1cc(-c2nc(CCl)[nH]c2C)ccc1OC. The molecule has 1 N–H and O–H groups in total. The smallest absolute Gasteiger partial charge is 0.122 e. The van der Waals surface area contributed by atoms with Gasteiger partial charge in [-0.2, -0.15) is 0 Å². The molecule has 18 heavy (non-hydrogen) atoms. The summed E-state index contributed by atoms with van der Waals surface area (Å²) >= 11 is 5.79. The number of hydrogen-bond donors (Lipinski definition) is 1. The molecular formula is C14H17ClN2O. The van der Waals surface area contributed by atoms with Crippen molar-refractivity contribution in [2.45, 2.75) is 26.1 Å². The molecule has 0 aliphatic rings. The summed E-state index contributed by atoms with van der Waals surface area (Å²) in [5, 5.41) is 0. The number of nitrogens with one attached hydrogen (secondary N) is 1. The quantitative estimate of drug-likeness (QED) is 0.855. The lowest BCUT2D eigenvalue weighted by atomic mass is 10.0. The maximum atomic E-state index is 5.79. The Morgan fingerprint density at radius 2 is 2.17 bits per heavy atom. The van der Waals surface area contributed by atoms with E-state index in [1.54, 1.807) is 7.11 Å². The lowest BCUT2D eigenvalue weighted by Crippen LogP contribution is -1.92. The Morgan fingerprint density at radius 3 is 2.72 bits per heavy atom. The Kier molecular flexibility index (Phi) is 3.92. The Morgan fingerprint density at radius 1 is 1.39 bits per heavy atom. The number of hydrogen-bond acceptors (Lipinski definition) is 2. The summed E-state index contributed by atoms with van der Waals surface area (Å²) in [6.45, 7) is 4.12. The molecule has 0 unspecified atom stereocenters. The fourth-order valence-electron chi connectivity index (χ4n) is 2.07. The number of alkyl halides is 1. The zero-order valence-electron chi connectivity index (χ0n) is 10.9. The van der Waals surface area contributed by atoms with Gasteiger partial charge in [-0.15, -0.1) is 11.6 Å². The fourth-order valence-corrected chi connectivity index (χ4v) is 2.20. The van der Waals surface area contributed by atoms with E-state index in [-0.39, 0.29) is 0 Å². The number of aromatic amines is 1. The molecule has 2 rings (SSSR count). The van der Waals surface area contributed by atoms with Crippen LogP contribution in [-0.4, -0.2) is 17.1 Å². The van der Waals surface area contributed by atoms with E-state index >= 15 is 0 Å². The van der Waals surface area contributed by atoms with Crippen molar-refractivity contribution in [3.8, 4) is 17.0 Å². The Balaban J connectivity index is 2.47. The number of nitrogens with zero attached hydrogens (tertiary/aromatic N) is 1. The molecule has 0 bridgehead atoms. The van der Waals surface area contributed by atoms with Crippen molar-refractivity contribution < 1.29 is 4.74 Å². The molecule has 0 spiro atoms. The molecule has 0 atom stereocenters. The number of H-pyrrole nitrogens is 1. The molecular weight excluding hydrogens is 248 g/mol. The second-order valence-electron chi connectivity index (χ2n) is 4.17. The van der Waals surface area contributed by atoms with E-state index in [0.29, 0.717) is 5.88 Å². The lowest BCUT2D eigenvalue weighted by Gasteiger charge is -2.08. The molecule has 0 saturated carbocycles. The van der Waals surface area contributed by atoms with Gasteiger partial charge in [-0.3, -0.25) is 0 Å². The number of benzene rings is 1. The van der Waals surface area contributed by atoms with Crippen LogP contribution in [-0.2, 0) is 12.3 Å². The largest absolute Gasteiger partial charge is 0.496 e. The highest BCUT2D eigenvalue weighted by atomic mass is 35.5. The van der Waals surface area contributed by atoms with Gasteiger partial charge in [-0.25, -0.2) is 4.98 Å². The first-order valence-electron chi connectivity index (χ1n) is 5.98. The predicted molar refractivity (Wildman–Crippen MR) is 74.2 cm³/mol. The number of rotatable bonds is 4. The number of aryl methyl sites for hydroxylation is 2. The van der Waals surface area contributed by atoms with Gasteiger partial charge in [0.05, 0.1) is 18.7 Å². The average molecular weight is 265 g/mol. The molecule has 0 aliphatic heterocycles. The number of methoxy groups -OCH3 is 1. The van der Waals surface area contributed by atoms with Crippen molar-refractivity contribution in [2.75, 3.05) is 7.11 Å². The van der Waals surface area contributed by atoms with Crippen LogP contribution < -0.4 is 4.74 Å². The third-order valence-corrected chi connectivity index (χ3v) is 3.25. The highest BCUT2D eigenvalue weighted by molar-refractivity contribution is 6.16. The summed E-state index contributed by atoms with van der Waals surface area (Å²) in [6, 6.07) is 6.14. The lowest BCUT2D eigenvalue weighted by molar-refractivity contribution is 0.410. The third-order valence-electron chi connectivity index (χ3n) is 3.00. The second kappa shape index (κ2) is 5.44. The molecule has 1 aromatic carbocycles. The van der Waals surface area contributed by atoms with Gasteiger partial charge in [-0.1, -0.05) is 6.92 Å². The molecule has 1 heterocycles. The van der Waals surface area contributed by atoms with Gasteiger partial charge in [0.1, 0.15) is 11.6 Å². The van der Waals surface area contributed by atoms with E-state index in [1.807, 2.05) is 19.1 Å². The molecule has 0 fully saturated rings. The number of ether oxygens (including phenoxy) is 1. The van der Waals surface area contributed by atoms with Crippen LogP contribution in [0.5, 0.6) is 5.75 Å². The van der Waals surface area contributed by atoms with Crippen LogP contribution in [0.1, 0.15) is 24.0 Å². The summed E-state index contributed by atoms with van der Waals surface area (Å²) < 4.78 is 5.33. The minimum Gasteiger partial charge on any atom is -0.496 e. The summed E-state index contributed by atoms with van der Waals surface area (Å²) in [5.41, 5.74) is 4.28. The van der Waals surface area contributed by atoms with E-state index < -0.39 is 0 Å². The monoisotopic (exact) mass is 264 g/mol. The van der Waals surface area contributed by atoms with Crippen molar-refractivity contribution in [2.24, 2.45) is 0 Å². The molecule has 2 aromatic rings. The highest BCUT2D eigenvalue weighted by Crippen LogP contribution is 2.28. The minimum absolute atomic E-state index is 0.400. The molecule has 1 aromatic heterocycles. The summed E-state index contributed by atoms with van der Waals surface area (Å²) in [7, 11) is 1.69. The van der Waals surface area contributed by atoms with Crippen LogP contribution in [0.3, 0.4) is 0 Å². The molecule has 0 saturated heterocycles. The van der Waals surface area contributed by atoms with Gasteiger partial charge < -0.3 is 9.72 Å². The third kappa shape index (κ3) is 2.36. The summed E-state index contributed by atoms with van der Waals surface area (Å²) in [5.74, 6) is 2.13. The topological polar surface area (TPSA) is 37.9 Å². The van der Waals surface area contributed by atoms with E-state index in [9.17, 15) is 0 Å².